The van der Waals surface area contributed by atoms with Gasteiger partial charge < -0.3 is 5.32 Å². The zero-order valence-electron chi connectivity index (χ0n) is 17.0. The molecule has 3 aromatic rings. The van der Waals surface area contributed by atoms with Crippen molar-refractivity contribution >= 4 is 21.6 Å². The van der Waals surface area contributed by atoms with E-state index >= 15 is 0 Å². The second-order valence-corrected chi connectivity index (χ2v) is 8.46. The zero-order chi connectivity index (χ0) is 22.3. The predicted octanol–water partition coefficient (Wildman–Crippen LogP) is 2.02. The lowest BCUT2D eigenvalue weighted by atomic mass is 10.2. The van der Waals surface area contributed by atoms with E-state index in [0.717, 1.165) is 5.56 Å². The first-order valence-corrected chi connectivity index (χ1v) is 11.3. The van der Waals surface area contributed by atoms with E-state index in [4.69, 9.17) is 0 Å². The fourth-order valence-electron chi connectivity index (χ4n) is 2.77. The van der Waals surface area contributed by atoms with Crippen LogP contribution in [0.5, 0.6) is 0 Å². The molecule has 0 radical (unpaired) electrons. The van der Waals surface area contributed by atoms with E-state index in [1.165, 1.54) is 35.0 Å². The van der Waals surface area contributed by atoms with Crippen LogP contribution in [-0.4, -0.2) is 35.6 Å². The first kappa shape index (κ1) is 22.3. The first-order valence-electron chi connectivity index (χ1n) is 9.77. The summed E-state index contributed by atoms with van der Waals surface area (Å²) in [5.74, 6) is -0.148. The Morgan fingerprint density at radius 1 is 1.03 bits per heavy atom. The quantitative estimate of drug-likeness (QED) is 0.490. The van der Waals surface area contributed by atoms with E-state index in [1.807, 2.05) is 0 Å². The molecule has 10 heteroatoms. The summed E-state index contributed by atoms with van der Waals surface area (Å²) >= 11 is 0. The third-order valence-corrected chi connectivity index (χ3v) is 5.93. The van der Waals surface area contributed by atoms with Crippen molar-refractivity contribution in [3.05, 3.63) is 71.3 Å². The SMILES string of the molecule is CCC(=O)Nc1ccc(S(=O)(=O)NCCCn2nc(-c3ccncc3)ccc2=O)cc1. The number of sulfonamides is 1. The lowest BCUT2D eigenvalue weighted by Gasteiger charge is -2.09. The second kappa shape index (κ2) is 10.1. The summed E-state index contributed by atoms with van der Waals surface area (Å²) in [6.07, 6.45) is 4.01. The summed E-state index contributed by atoms with van der Waals surface area (Å²) < 4.78 is 28.7. The second-order valence-electron chi connectivity index (χ2n) is 6.69. The largest absolute Gasteiger partial charge is 0.326 e. The third kappa shape index (κ3) is 6.06. The summed E-state index contributed by atoms with van der Waals surface area (Å²) in [5, 5.41) is 7.01. The van der Waals surface area contributed by atoms with Crippen LogP contribution in [0.2, 0.25) is 0 Å². The maximum Gasteiger partial charge on any atom is 0.266 e. The van der Waals surface area contributed by atoms with Crippen LogP contribution < -0.4 is 15.6 Å². The Bertz CT molecular complexity index is 1190. The van der Waals surface area contributed by atoms with Crippen molar-refractivity contribution in [2.45, 2.75) is 31.2 Å². The molecule has 0 saturated heterocycles. The summed E-state index contributed by atoms with van der Waals surface area (Å²) in [5.41, 5.74) is 1.75. The van der Waals surface area contributed by atoms with Crippen molar-refractivity contribution in [2.75, 3.05) is 11.9 Å². The summed E-state index contributed by atoms with van der Waals surface area (Å²) in [4.78, 5) is 27.5. The third-order valence-electron chi connectivity index (χ3n) is 4.45. The van der Waals surface area contributed by atoms with Gasteiger partial charge in [0.15, 0.2) is 0 Å². The molecule has 1 aromatic carbocycles. The van der Waals surface area contributed by atoms with Gasteiger partial charge in [-0.3, -0.25) is 14.6 Å². The molecule has 162 valence electrons. The number of anilines is 1. The number of hydrogen-bond acceptors (Lipinski definition) is 6. The zero-order valence-corrected chi connectivity index (χ0v) is 17.8. The molecule has 0 aliphatic heterocycles. The Kier molecular flexibility index (Phi) is 7.27. The molecule has 0 saturated carbocycles. The van der Waals surface area contributed by atoms with E-state index in [-0.39, 0.29) is 29.5 Å². The van der Waals surface area contributed by atoms with Gasteiger partial charge in [0.05, 0.1) is 10.6 Å². The van der Waals surface area contributed by atoms with Crippen LogP contribution in [0.4, 0.5) is 5.69 Å². The highest BCUT2D eigenvalue weighted by Crippen LogP contribution is 2.15. The van der Waals surface area contributed by atoms with Crippen LogP contribution in [0, 0.1) is 0 Å². The van der Waals surface area contributed by atoms with Crippen LogP contribution in [0.15, 0.2) is 70.6 Å². The topological polar surface area (TPSA) is 123 Å². The maximum absolute atomic E-state index is 12.5. The highest BCUT2D eigenvalue weighted by atomic mass is 32.2. The van der Waals surface area contributed by atoms with E-state index in [9.17, 15) is 18.0 Å². The van der Waals surface area contributed by atoms with Crippen molar-refractivity contribution in [2.24, 2.45) is 0 Å². The Morgan fingerprint density at radius 2 is 1.74 bits per heavy atom. The van der Waals surface area contributed by atoms with E-state index < -0.39 is 10.0 Å². The Hall–Kier alpha value is -3.37. The number of aryl methyl sites for hydroxylation is 1. The minimum absolute atomic E-state index is 0.0944. The van der Waals surface area contributed by atoms with Gasteiger partial charge in [-0.05, 0) is 48.9 Å². The molecular formula is C21H23N5O4S. The van der Waals surface area contributed by atoms with Gasteiger partial charge in [0.25, 0.3) is 5.56 Å². The van der Waals surface area contributed by atoms with Gasteiger partial charge in [0.1, 0.15) is 0 Å². The Balaban J connectivity index is 1.58. The normalized spacial score (nSPS) is 11.3. The van der Waals surface area contributed by atoms with Gasteiger partial charge in [-0.15, -0.1) is 0 Å². The minimum atomic E-state index is -3.70. The number of hydrogen-bond donors (Lipinski definition) is 2. The molecule has 0 aliphatic rings. The molecule has 0 spiro atoms. The van der Waals surface area contributed by atoms with Crippen LogP contribution in [0.3, 0.4) is 0 Å². The minimum Gasteiger partial charge on any atom is -0.326 e. The Morgan fingerprint density at radius 3 is 2.42 bits per heavy atom. The first-order chi connectivity index (χ1) is 14.9. The molecule has 1 amide bonds. The number of nitrogens with one attached hydrogen (secondary N) is 2. The predicted molar refractivity (Wildman–Crippen MR) is 117 cm³/mol. The Labute approximate surface area is 180 Å². The van der Waals surface area contributed by atoms with Crippen LogP contribution in [0.1, 0.15) is 19.8 Å². The fourth-order valence-corrected chi connectivity index (χ4v) is 3.85. The van der Waals surface area contributed by atoms with Crippen molar-refractivity contribution < 1.29 is 13.2 Å². The molecule has 0 aliphatic carbocycles. The van der Waals surface area contributed by atoms with Crippen LogP contribution in [0.25, 0.3) is 11.3 Å². The van der Waals surface area contributed by atoms with E-state index in [0.29, 0.717) is 24.2 Å². The smallest absolute Gasteiger partial charge is 0.266 e. The molecular weight excluding hydrogens is 418 g/mol. The summed E-state index contributed by atoms with van der Waals surface area (Å²) in [6.45, 7) is 2.14. The van der Waals surface area contributed by atoms with Gasteiger partial charge in [0, 0.05) is 49.2 Å². The molecule has 3 rings (SSSR count). The highest BCUT2D eigenvalue weighted by Gasteiger charge is 2.13. The van der Waals surface area contributed by atoms with Gasteiger partial charge in [-0.2, -0.15) is 5.10 Å². The lowest BCUT2D eigenvalue weighted by Crippen LogP contribution is -2.28. The average molecular weight is 442 g/mol. The number of aromatic nitrogens is 3. The number of rotatable bonds is 9. The number of amides is 1. The number of carbonyl (C=O) groups excluding carboxylic acids is 1. The number of pyridine rings is 1. The molecule has 2 heterocycles. The summed E-state index contributed by atoms with van der Waals surface area (Å²) in [7, 11) is -3.70. The number of carbonyl (C=O) groups is 1. The van der Waals surface area contributed by atoms with Crippen molar-refractivity contribution in [3.63, 3.8) is 0 Å². The van der Waals surface area contributed by atoms with E-state index in [2.05, 4.69) is 20.1 Å². The molecule has 0 unspecified atom stereocenters. The van der Waals surface area contributed by atoms with Crippen LogP contribution >= 0.6 is 0 Å². The number of nitrogens with zero attached hydrogens (tertiary/aromatic N) is 3. The standard InChI is InChI=1S/C21H23N5O4S/c1-2-20(27)24-17-4-6-18(7-5-17)31(29,30)23-12-3-15-26-21(28)9-8-19(25-26)16-10-13-22-14-11-16/h4-11,13-14,23H,2-3,12,15H2,1H3,(H,24,27). The molecule has 0 bridgehead atoms. The monoisotopic (exact) mass is 441 g/mol. The molecule has 31 heavy (non-hydrogen) atoms. The van der Waals surface area contributed by atoms with Gasteiger partial charge in [-0.1, -0.05) is 6.92 Å². The van der Waals surface area contributed by atoms with Gasteiger partial charge >= 0.3 is 0 Å². The van der Waals surface area contributed by atoms with Crippen molar-refractivity contribution in [3.8, 4) is 11.3 Å². The number of benzene rings is 1. The molecule has 2 N–H and O–H groups in total. The molecule has 2 aromatic heterocycles. The average Bonchev–Trinajstić information content (AvgIpc) is 2.78. The molecule has 0 atom stereocenters. The lowest BCUT2D eigenvalue weighted by molar-refractivity contribution is -0.115. The van der Waals surface area contributed by atoms with Crippen molar-refractivity contribution in [1.82, 2.24) is 19.5 Å². The van der Waals surface area contributed by atoms with Crippen LogP contribution in [-0.2, 0) is 21.4 Å². The highest BCUT2D eigenvalue weighted by molar-refractivity contribution is 7.89. The van der Waals surface area contributed by atoms with E-state index in [1.54, 1.807) is 37.5 Å². The maximum atomic E-state index is 12.5. The fraction of sp³-hybridized carbons (Fsp3) is 0.238. The van der Waals surface area contributed by atoms with Gasteiger partial charge in [-0.25, -0.2) is 17.8 Å². The van der Waals surface area contributed by atoms with Crippen molar-refractivity contribution in [1.29, 1.82) is 0 Å². The van der Waals surface area contributed by atoms with Gasteiger partial charge in [0.2, 0.25) is 15.9 Å². The molecule has 9 nitrogen and oxygen atoms in total. The summed E-state index contributed by atoms with van der Waals surface area (Å²) in [6, 6.07) is 12.6. The molecule has 0 fully saturated rings.